The van der Waals surface area contributed by atoms with Crippen molar-refractivity contribution in [3.8, 4) is 0 Å². The molecule has 0 amide bonds. The zero-order valence-corrected chi connectivity index (χ0v) is 8.15. The van der Waals surface area contributed by atoms with Gasteiger partial charge >= 0.3 is 5.97 Å². The molecule has 1 aromatic rings. The SMILES string of the molecule is CC(I)C(=O)O.c1c[nH]cn1. The van der Waals surface area contributed by atoms with Gasteiger partial charge in [-0.2, -0.15) is 0 Å². The number of hydrogen-bond acceptors (Lipinski definition) is 2. The molecule has 1 atom stereocenters. The predicted octanol–water partition coefficient (Wildman–Crippen LogP) is 1.30. The van der Waals surface area contributed by atoms with E-state index in [2.05, 4.69) is 9.97 Å². The molecule has 0 saturated carbocycles. The minimum absolute atomic E-state index is 0.261. The first-order chi connectivity index (χ1) is 5.14. The number of aromatic amines is 1. The average Bonchev–Trinajstić information content (AvgIpc) is 2.41. The Balaban J connectivity index is 0.000000183. The quantitative estimate of drug-likeness (QED) is 0.596. The fourth-order valence-corrected chi connectivity index (χ4v) is 0.215. The topological polar surface area (TPSA) is 66.0 Å². The number of imidazole rings is 1. The van der Waals surface area contributed by atoms with Crippen molar-refractivity contribution in [2.45, 2.75) is 10.8 Å². The van der Waals surface area contributed by atoms with Crippen molar-refractivity contribution in [3.63, 3.8) is 0 Å². The van der Waals surface area contributed by atoms with Crippen LogP contribution in [0.5, 0.6) is 0 Å². The minimum Gasteiger partial charge on any atom is -0.480 e. The number of nitrogens with one attached hydrogen (secondary N) is 1. The molecule has 0 bridgehead atoms. The van der Waals surface area contributed by atoms with E-state index in [9.17, 15) is 4.79 Å². The molecule has 11 heavy (non-hydrogen) atoms. The molecule has 4 nitrogen and oxygen atoms in total. The standard InChI is InChI=1S/C3H5IO2.C3H4N2/c1-2(4)3(5)6;1-2-5-3-4-1/h2H,1H3,(H,5,6);1-3H,(H,4,5). The van der Waals surface area contributed by atoms with Crippen molar-refractivity contribution in [1.29, 1.82) is 0 Å². The normalized spacial score (nSPS) is 11.1. The number of nitrogens with zero attached hydrogens (tertiary/aromatic N) is 1. The van der Waals surface area contributed by atoms with E-state index in [1.165, 1.54) is 0 Å². The Morgan fingerprint density at radius 1 is 1.82 bits per heavy atom. The van der Waals surface area contributed by atoms with E-state index in [1.54, 1.807) is 25.6 Å². The second-order valence-corrected chi connectivity index (χ2v) is 3.58. The molecule has 0 aliphatic heterocycles. The molecule has 0 spiro atoms. The van der Waals surface area contributed by atoms with E-state index >= 15 is 0 Å². The fraction of sp³-hybridized carbons (Fsp3) is 0.333. The summed E-state index contributed by atoms with van der Waals surface area (Å²) in [6.07, 6.45) is 5.08. The van der Waals surface area contributed by atoms with Crippen molar-refractivity contribution < 1.29 is 9.90 Å². The molecule has 0 aliphatic rings. The van der Waals surface area contributed by atoms with Gasteiger partial charge in [0.05, 0.1) is 6.33 Å². The largest absolute Gasteiger partial charge is 0.480 e. The van der Waals surface area contributed by atoms with Crippen LogP contribution in [-0.4, -0.2) is 25.0 Å². The van der Waals surface area contributed by atoms with E-state index in [0.717, 1.165) is 0 Å². The van der Waals surface area contributed by atoms with E-state index in [-0.39, 0.29) is 3.92 Å². The second kappa shape index (κ2) is 6.14. The second-order valence-electron chi connectivity index (χ2n) is 1.71. The number of aromatic nitrogens is 2. The van der Waals surface area contributed by atoms with Gasteiger partial charge in [0.15, 0.2) is 0 Å². The van der Waals surface area contributed by atoms with Gasteiger partial charge in [-0.3, -0.25) is 4.79 Å². The number of aliphatic carboxylic acids is 1. The van der Waals surface area contributed by atoms with Crippen LogP contribution < -0.4 is 0 Å². The molecule has 2 N–H and O–H groups in total. The van der Waals surface area contributed by atoms with E-state index in [1.807, 2.05) is 22.6 Å². The maximum absolute atomic E-state index is 9.69. The smallest absolute Gasteiger partial charge is 0.316 e. The Bertz CT molecular complexity index is 169. The Morgan fingerprint density at radius 2 is 2.36 bits per heavy atom. The highest BCUT2D eigenvalue weighted by molar-refractivity contribution is 14.1. The summed E-state index contributed by atoms with van der Waals surface area (Å²) in [5.74, 6) is -0.754. The number of H-pyrrole nitrogens is 1. The highest BCUT2D eigenvalue weighted by atomic mass is 127. The molecule has 0 aliphatic carbocycles. The van der Waals surface area contributed by atoms with Gasteiger partial charge in [-0.25, -0.2) is 4.98 Å². The number of alkyl halides is 1. The summed E-state index contributed by atoms with van der Waals surface area (Å²) in [5.41, 5.74) is 0. The average molecular weight is 268 g/mol. The van der Waals surface area contributed by atoms with Crippen molar-refractivity contribution in [1.82, 2.24) is 9.97 Å². The van der Waals surface area contributed by atoms with Crippen LogP contribution in [0.1, 0.15) is 6.92 Å². The molecule has 62 valence electrons. The summed E-state index contributed by atoms with van der Waals surface area (Å²) < 4.78 is -0.261. The van der Waals surface area contributed by atoms with Gasteiger partial charge in [0, 0.05) is 12.4 Å². The van der Waals surface area contributed by atoms with Gasteiger partial charge in [-0.05, 0) is 6.92 Å². The first-order valence-electron chi connectivity index (χ1n) is 2.94. The molecular formula is C6H9IN2O2. The Hall–Kier alpha value is -0.590. The van der Waals surface area contributed by atoms with Crippen LogP contribution in [0.25, 0.3) is 0 Å². The Kier molecular flexibility index (Phi) is 5.81. The summed E-state index contributed by atoms with van der Waals surface area (Å²) in [6, 6.07) is 0. The summed E-state index contributed by atoms with van der Waals surface area (Å²) in [5, 5.41) is 7.98. The highest BCUT2D eigenvalue weighted by Crippen LogP contribution is 1.95. The van der Waals surface area contributed by atoms with Gasteiger partial charge in [0.2, 0.25) is 0 Å². The number of carboxylic acids is 1. The van der Waals surface area contributed by atoms with Crippen molar-refractivity contribution in [3.05, 3.63) is 18.7 Å². The van der Waals surface area contributed by atoms with Crippen molar-refractivity contribution >= 4 is 28.6 Å². The summed E-state index contributed by atoms with van der Waals surface area (Å²) >= 11 is 1.83. The van der Waals surface area contributed by atoms with Crippen LogP contribution in [0.15, 0.2) is 18.7 Å². The first kappa shape index (κ1) is 10.4. The monoisotopic (exact) mass is 268 g/mol. The number of carboxylic acid groups (broad SMARTS) is 1. The van der Waals surface area contributed by atoms with Gasteiger partial charge < -0.3 is 10.1 Å². The fourth-order valence-electron chi connectivity index (χ4n) is 0.215. The van der Waals surface area contributed by atoms with Gasteiger partial charge in [0.25, 0.3) is 0 Å². The molecule has 0 radical (unpaired) electrons. The molecule has 0 aromatic carbocycles. The summed E-state index contributed by atoms with van der Waals surface area (Å²) in [7, 11) is 0. The van der Waals surface area contributed by atoms with Crippen LogP contribution in [0.2, 0.25) is 0 Å². The third-order valence-corrected chi connectivity index (χ3v) is 1.28. The number of hydrogen-bond donors (Lipinski definition) is 2. The van der Waals surface area contributed by atoms with Gasteiger partial charge in [-0.15, -0.1) is 0 Å². The summed E-state index contributed by atoms with van der Waals surface area (Å²) in [6.45, 7) is 1.63. The molecule has 1 unspecified atom stereocenters. The maximum atomic E-state index is 9.69. The lowest BCUT2D eigenvalue weighted by atomic mass is 10.5. The highest BCUT2D eigenvalue weighted by Gasteiger charge is 2.01. The Labute approximate surface area is 78.2 Å². The zero-order chi connectivity index (χ0) is 8.69. The molecule has 0 saturated heterocycles. The number of carbonyl (C=O) groups is 1. The Morgan fingerprint density at radius 3 is 2.45 bits per heavy atom. The van der Waals surface area contributed by atoms with E-state index in [0.29, 0.717) is 0 Å². The lowest BCUT2D eigenvalue weighted by molar-refractivity contribution is -0.135. The van der Waals surface area contributed by atoms with Crippen LogP contribution in [-0.2, 0) is 4.79 Å². The van der Waals surface area contributed by atoms with Crippen LogP contribution in [0, 0.1) is 0 Å². The number of rotatable bonds is 1. The summed E-state index contributed by atoms with van der Waals surface area (Å²) in [4.78, 5) is 16.1. The van der Waals surface area contributed by atoms with Crippen molar-refractivity contribution in [2.24, 2.45) is 0 Å². The lowest BCUT2D eigenvalue weighted by Crippen LogP contribution is -2.05. The number of halogens is 1. The predicted molar refractivity (Wildman–Crippen MR) is 49.7 cm³/mol. The van der Waals surface area contributed by atoms with Crippen LogP contribution in [0.4, 0.5) is 0 Å². The molecular weight excluding hydrogens is 259 g/mol. The van der Waals surface area contributed by atoms with Gasteiger partial charge in [0.1, 0.15) is 3.92 Å². The molecule has 1 rings (SSSR count). The van der Waals surface area contributed by atoms with Crippen LogP contribution in [0.3, 0.4) is 0 Å². The third kappa shape index (κ3) is 7.31. The molecule has 1 heterocycles. The van der Waals surface area contributed by atoms with Crippen LogP contribution >= 0.6 is 22.6 Å². The zero-order valence-electron chi connectivity index (χ0n) is 5.99. The maximum Gasteiger partial charge on any atom is 0.316 e. The van der Waals surface area contributed by atoms with Crippen molar-refractivity contribution in [2.75, 3.05) is 0 Å². The van der Waals surface area contributed by atoms with Gasteiger partial charge in [-0.1, -0.05) is 22.6 Å². The third-order valence-electron chi connectivity index (χ3n) is 0.746. The molecule has 5 heteroatoms. The first-order valence-corrected chi connectivity index (χ1v) is 4.18. The molecule has 0 fully saturated rings. The van der Waals surface area contributed by atoms with E-state index in [4.69, 9.17) is 5.11 Å². The van der Waals surface area contributed by atoms with E-state index < -0.39 is 5.97 Å². The lowest BCUT2D eigenvalue weighted by Gasteiger charge is -1.87. The molecule has 1 aromatic heterocycles. The minimum atomic E-state index is -0.754.